The maximum absolute atomic E-state index is 13.8. The Kier molecular flexibility index (Phi) is 9.85. The molecule has 0 radical (unpaired) electrons. The second-order valence-electron chi connectivity index (χ2n) is 10.0. The van der Waals surface area contributed by atoms with Gasteiger partial charge in [0.25, 0.3) is 5.91 Å². The quantitative estimate of drug-likeness (QED) is 0.332. The fraction of sp³-hybridized carbons (Fsp3) is 0.387. The van der Waals surface area contributed by atoms with Gasteiger partial charge in [-0.1, -0.05) is 31.2 Å². The maximum Gasteiger partial charge on any atom is 0.251 e. The number of amides is 1. The van der Waals surface area contributed by atoms with Crippen molar-refractivity contribution in [1.29, 1.82) is 0 Å². The summed E-state index contributed by atoms with van der Waals surface area (Å²) in [6, 6.07) is 18.2. The number of hydrogen-bond acceptors (Lipinski definition) is 4. The molecule has 7 heteroatoms. The van der Waals surface area contributed by atoms with Gasteiger partial charge in [0.1, 0.15) is 11.6 Å². The van der Waals surface area contributed by atoms with E-state index in [1.807, 2.05) is 24.3 Å². The Morgan fingerprint density at radius 1 is 0.921 bits per heavy atom. The number of aryl methyl sites for hydroxylation is 1. The van der Waals surface area contributed by atoms with Crippen LogP contribution in [0, 0.1) is 11.6 Å². The molecule has 1 aliphatic heterocycles. The summed E-state index contributed by atoms with van der Waals surface area (Å²) in [7, 11) is 0. The second-order valence-corrected chi connectivity index (χ2v) is 10.0. The number of anilines is 1. The number of aliphatic hydroxyl groups is 1. The first kappa shape index (κ1) is 27.7. The van der Waals surface area contributed by atoms with Crippen LogP contribution in [-0.2, 0) is 19.4 Å². The van der Waals surface area contributed by atoms with Crippen LogP contribution in [0.25, 0.3) is 0 Å². The molecule has 202 valence electrons. The van der Waals surface area contributed by atoms with Gasteiger partial charge in [0, 0.05) is 43.5 Å². The molecule has 4 rings (SSSR count). The summed E-state index contributed by atoms with van der Waals surface area (Å²) in [6.07, 6.45) is 3.62. The number of carbonyl (C=O) groups is 1. The molecule has 0 aliphatic carbocycles. The lowest BCUT2D eigenvalue weighted by Crippen LogP contribution is -2.48. The molecule has 3 aromatic carbocycles. The molecule has 1 amide bonds. The number of nitrogens with zero attached hydrogens (tertiary/aromatic N) is 1. The van der Waals surface area contributed by atoms with E-state index in [9.17, 15) is 18.7 Å². The summed E-state index contributed by atoms with van der Waals surface area (Å²) in [5.41, 5.74) is 4.25. The maximum atomic E-state index is 13.8. The van der Waals surface area contributed by atoms with Gasteiger partial charge in [0.05, 0.1) is 12.1 Å². The van der Waals surface area contributed by atoms with Crippen molar-refractivity contribution in [2.75, 3.05) is 24.5 Å². The van der Waals surface area contributed by atoms with E-state index < -0.39 is 23.8 Å². The van der Waals surface area contributed by atoms with Gasteiger partial charge < -0.3 is 20.6 Å². The first-order valence-electron chi connectivity index (χ1n) is 13.5. The normalized spacial score (nSPS) is 15.2. The van der Waals surface area contributed by atoms with Gasteiger partial charge in [-0.05, 0) is 85.2 Å². The van der Waals surface area contributed by atoms with Crippen molar-refractivity contribution < 1.29 is 18.7 Å². The molecule has 1 aliphatic rings. The van der Waals surface area contributed by atoms with Crippen LogP contribution >= 0.6 is 0 Å². The minimum absolute atomic E-state index is 0.0838. The lowest BCUT2D eigenvalue weighted by molar-refractivity contribution is 0.0830. The molecule has 1 unspecified atom stereocenters. The number of hydrogen-bond donors (Lipinski definition) is 3. The highest BCUT2D eigenvalue weighted by molar-refractivity contribution is 5.94. The summed E-state index contributed by atoms with van der Waals surface area (Å²) in [4.78, 5) is 15.5. The number of rotatable bonds is 11. The molecular weight excluding hydrogens is 484 g/mol. The molecule has 0 spiro atoms. The summed E-state index contributed by atoms with van der Waals surface area (Å²) in [5, 5.41) is 17.2. The predicted octanol–water partition coefficient (Wildman–Crippen LogP) is 5.01. The van der Waals surface area contributed by atoms with Crippen molar-refractivity contribution in [2.45, 2.75) is 57.7 Å². The van der Waals surface area contributed by atoms with Crippen molar-refractivity contribution in [3.63, 3.8) is 0 Å². The second kappa shape index (κ2) is 13.5. The Bertz CT molecular complexity index is 1180. The SMILES string of the molecule is CCc1cccc(CNC[C@H](O)C(Cc2cc(F)cc(F)c2)NC(=O)c2ccc(N3CCCCC3)cc2)c1. The van der Waals surface area contributed by atoms with Crippen LogP contribution in [0.5, 0.6) is 0 Å². The zero-order chi connectivity index (χ0) is 26.9. The van der Waals surface area contributed by atoms with Crippen molar-refractivity contribution >= 4 is 11.6 Å². The van der Waals surface area contributed by atoms with Gasteiger partial charge in [-0.2, -0.15) is 0 Å². The van der Waals surface area contributed by atoms with E-state index in [4.69, 9.17) is 0 Å². The Morgan fingerprint density at radius 3 is 2.29 bits per heavy atom. The van der Waals surface area contributed by atoms with E-state index in [1.165, 1.54) is 37.0 Å². The van der Waals surface area contributed by atoms with E-state index >= 15 is 0 Å². The van der Waals surface area contributed by atoms with Crippen LogP contribution in [-0.4, -0.2) is 42.8 Å². The molecule has 38 heavy (non-hydrogen) atoms. The molecule has 0 aromatic heterocycles. The van der Waals surface area contributed by atoms with E-state index in [0.717, 1.165) is 36.8 Å². The minimum atomic E-state index is -0.979. The fourth-order valence-corrected chi connectivity index (χ4v) is 4.96. The van der Waals surface area contributed by atoms with Gasteiger partial charge >= 0.3 is 0 Å². The number of aliphatic hydroxyl groups excluding tert-OH is 1. The molecule has 1 fully saturated rings. The Labute approximate surface area is 223 Å². The molecule has 1 saturated heterocycles. The first-order chi connectivity index (χ1) is 18.4. The monoisotopic (exact) mass is 521 g/mol. The zero-order valence-corrected chi connectivity index (χ0v) is 21.9. The summed E-state index contributed by atoms with van der Waals surface area (Å²) in [5.74, 6) is -1.73. The van der Waals surface area contributed by atoms with Crippen LogP contribution in [0.2, 0.25) is 0 Å². The topological polar surface area (TPSA) is 64.6 Å². The third-order valence-corrected chi connectivity index (χ3v) is 7.09. The van der Waals surface area contributed by atoms with Gasteiger partial charge in [0.15, 0.2) is 0 Å². The average molecular weight is 522 g/mol. The van der Waals surface area contributed by atoms with Gasteiger partial charge in [0.2, 0.25) is 0 Å². The predicted molar refractivity (Wildman–Crippen MR) is 147 cm³/mol. The molecular formula is C31H37F2N3O2. The van der Waals surface area contributed by atoms with Gasteiger partial charge in [-0.15, -0.1) is 0 Å². The molecule has 0 saturated carbocycles. The Morgan fingerprint density at radius 2 is 1.61 bits per heavy atom. The van der Waals surface area contributed by atoms with Crippen molar-refractivity contribution in [1.82, 2.24) is 10.6 Å². The Balaban J connectivity index is 1.43. The number of halogens is 2. The summed E-state index contributed by atoms with van der Waals surface area (Å²) in [6.45, 7) is 4.88. The van der Waals surface area contributed by atoms with Crippen molar-refractivity contribution in [2.24, 2.45) is 0 Å². The zero-order valence-electron chi connectivity index (χ0n) is 21.9. The third-order valence-electron chi connectivity index (χ3n) is 7.09. The van der Waals surface area contributed by atoms with Crippen LogP contribution in [0.3, 0.4) is 0 Å². The van der Waals surface area contributed by atoms with E-state index in [2.05, 4.69) is 34.6 Å². The largest absolute Gasteiger partial charge is 0.390 e. The van der Waals surface area contributed by atoms with Crippen molar-refractivity contribution in [3.8, 4) is 0 Å². The lowest BCUT2D eigenvalue weighted by Gasteiger charge is -2.29. The molecule has 1 heterocycles. The number of nitrogens with one attached hydrogen (secondary N) is 2. The van der Waals surface area contributed by atoms with Crippen molar-refractivity contribution in [3.05, 3.63) is 101 Å². The van der Waals surface area contributed by atoms with Crippen LogP contribution in [0.15, 0.2) is 66.7 Å². The standard InChI is InChI=1S/C31H37F2N3O2/c1-2-22-7-6-8-23(15-22)20-34-21-30(37)29(18-24-16-26(32)19-27(33)17-24)35-31(38)25-9-11-28(12-10-25)36-13-4-3-5-14-36/h6-12,15-17,19,29-30,34,37H,2-5,13-14,18,20-21H2,1H3,(H,35,38)/t29?,30-/m0/s1. The first-order valence-corrected chi connectivity index (χ1v) is 13.5. The minimum Gasteiger partial charge on any atom is -0.390 e. The highest BCUT2D eigenvalue weighted by Gasteiger charge is 2.23. The molecule has 2 atom stereocenters. The van der Waals surface area contributed by atoms with Crippen LogP contribution in [0.4, 0.5) is 14.5 Å². The smallest absolute Gasteiger partial charge is 0.251 e. The fourth-order valence-electron chi connectivity index (χ4n) is 4.96. The van der Waals surface area contributed by atoms with Crippen LogP contribution in [0.1, 0.15) is 53.2 Å². The van der Waals surface area contributed by atoms with E-state index in [0.29, 0.717) is 17.7 Å². The highest BCUT2D eigenvalue weighted by atomic mass is 19.1. The molecule has 5 nitrogen and oxygen atoms in total. The summed E-state index contributed by atoms with van der Waals surface area (Å²) >= 11 is 0. The van der Waals surface area contributed by atoms with E-state index in [1.54, 1.807) is 12.1 Å². The van der Waals surface area contributed by atoms with E-state index in [-0.39, 0.29) is 18.9 Å². The molecule has 3 N–H and O–H groups in total. The molecule has 3 aromatic rings. The van der Waals surface area contributed by atoms with Crippen LogP contribution < -0.4 is 15.5 Å². The highest BCUT2D eigenvalue weighted by Crippen LogP contribution is 2.20. The number of carbonyl (C=O) groups excluding carboxylic acids is 1. The molecule has 0 bridgehead atoms. The lowest BCUT2D eigenvalue weighted by atomic mass is 10.00. The average Bonchev–Trinajstić information content (AvgIpc) is 2.92. The summed E-state index contributed by atoms with van der Waals surface area (Å²) < 4.78 is 27.7. The Hall–Kier alpha value is -3.29. The number of benzene rings is 3. The number of piperidine rings is 1. The van der Waals surface area contributed by atoms with Gasteiger partial charge in [-0.25, -0.2) is 8.78 Å². The van der Waals surface area contributed by atoms with Gasteiger partial charge in [-0.3, -0.25) is 4.79 Å². The third kappa shape index (κ3) is 7.85.